The molecule has 4 nitrogen and oxygen atoms in total. The van der Waals surface area contributed by atoms with Crippen LogP contribution in [0.2, 0.25) is 0 Å². The van der Waals surface area contributed by atoms with Crippen molar-refractivity contribution in [2.75, 3.05) is 23.7 Å². The third kappa shape index (κ3) is 2.72. The third-order valence-electron chi connectivity index (χ3n) is 2.85. The maximum atomic E-state index is 7.62. The van der Waals surface area contributed by atoms with Gasteiger partial charge in [0, 0.05) is 29.8 Å². The van der Waals surface area contributed by atoms with E-state index in [1.54, 1.807) is 0 Å². The van der Waals surface area contributed by atoms with Crippen LogP contribution in [0.25, 0.3) is 0 Å². The van der Waals surface area contributed by atoms with E-state index in [1.807, 2.05) is 30.8 Å². The van der Waals surface area contributed by atoms with E-state index in [9.17, 15) is 0 Å². The number of nitrogens with one attached hydrogen (secondary N) is 1. The third-order valence-corrected chi connectivity index (χ3v) is 3.98. The first-order chi connectivity index (χ1) is 8.08. The highest BCUT2D eigenvalue weighted by Gasteiger charge is 2.21. The topological polar surface area (TPSA) is 66.0 Å². The van der Waals surface area contributed by atoms with Crippen LogP contribution in [0.1, 0.15) is 18.2 Å². The minimum absolute atomic E-state index is 0.0957. The van der Waals surface area contributed by atoms with Gasteiger partial charge in [0.05, 0.1) is 5.56 Å². The highest BCUT2D eigenvalue weighted by Crippen LogP contribution is 2.25. The van der Waals surface area contributed by atoms with E-state index >= 15 is 0 Å². The van der Waals surface area contributed by atoms with E-state index in [-0.39, 0.29) is 5.84 Å². The van der Waals surface area contributed by atoms with Gasteiger partial charge >= 0.3 is 0 Å². The average Bonchev–Trinajstić information content (AvgIpc) is 2.28. The van der Waals surface area contributed by atoms with Crippen molar-refractivity contribution in [1.82, 2.24) is 4.98 Å². The lowest BCUT2D eigenvalue weighted by Gasteiger charge is -2.32. The highest BCUT2D eigenvalue weighted by molar-refractivity contribution is 8.00. The predicted molar refractivity (Wildman–Crippen MR) is 74.1 cm³/mol. The van der Waals surface area contributed by atoms with Crippen LogP contribution in [0.4, 0.5) is 5.82 Å². The molecule has 17 heavy (non-hydrogen) atoms. The van der Waals surface area contributed by atoms with Gasteiger partial charge in [0.1, 0.15) is 11.7 Å². The second-order valence-corrected chi connectivity index (χ2v) is 5.91. The monoisotopic (exact) mass is 250 g/mol. The minimum Gasteiger partial charge on any atom is -0.384 e. The van der Waals surface area contributed by atoms with Gasteiger partial charge in [-0.25, -0.2) is 4.98 Å². The SMILES string of the molecule is Cc1ccc(C(=N)N)c(N2CCSC(C)C2)n1. The maximum absolute atomic E-state index is 7.62. The molecule has 1 aromatic rings. The average molecular weight is 250 g/mol. The number of hydrogen-bond donors (Lipinski definition) is 2. The molecule has 1 saturated heterocycles. The number of amidine groups is 1. The van der Waals surface area contributed by atoms with Crippen LogP contribution in [-0.4, -0.2) is 34.9 Å². The summed E-state index contributed by atoms with van der Waals surface area (Å²) in [6.07, 6.45) is 0. The fourth-order valence-electron chi connectivity index (χ4n) is 2.01. The van der Waals surface area contributed by atoms with E-state index in [0.29, 0.717) is 5.25 Å². The van der Waals surface area contributed by atoms with Gasteiger partial charge in [0.15, 0.2) is 0 Å². The number of rotatable bonds is 2. The van der Waals surface area contributed by atoms with Crippen molar-refractivity contribution < 1.29 is 0 Å². The number of nitrogens with two attached hydrogens (primary N) is 1. The standard InChI is InChI=1S/C12H18N4S/c1-8-3-4-10(11(13)14)12(15-8)16-5-6-17-9(2)7-16/h3-4,9H,5-7H2,1-2H3,(H3,13,14). The molecule has 0 amide bonds. The van der Waals surface area contributed by atoms with Gasteiger partial charge in [-0.05, 0) is 19.1 Å². The number of nitrogen functional groups attached to an aromatic ring is 1. The molecule has 5 heteroatoms. The van der Waals surface area contributed by atoms with Crippen LogP contribution in [0.15, 0.2) is 12.1 Å². The Labute approximate surface area is 106 Å². The molecule has 1 unspecified atom stereocenters. The van der Waals surface area contributed by atoms with Crippen LogP contribution in [0.3, 0.4) is 0 Å². The van der Waals surface area contributed by atoms with Gasteiger partial charge in [-0.3, -0.25) is 5.41 Å². The number of aromatic nitrogens is 1. The Kier molecular flexibility index (Phi) is 3.57. The minimum atomic E-state index is 0.0957. The van der Waals surface area contributed by atoms with Crippen molar-refractivity contribution in [3.05, 3.63) is 23.4 Å². The zero-order chi connectivity index (χ0) is 12.4. The quantitative estimate of drug-likeness (QED) is 0.618. The van der Waals surface area contributed by atoms with E-state index in [4.69, 9.17) is 11.1 Å². The van der Waals surface area contributed by atoms with Crippen LogP contribution in [0.5, 0.6) is 0 Å². The largest absolute Gasteiger partial charge is 0.384 e. The molecule has 2 heterocycles. The van der Waals surface area contributed by atoms with Crippen molar-refractivity contribution in [2.24, 2.45) is 5.73 Å². The summed E-state index contributed by atoms with van der Waals surface area (Å²) in [5, 5.41) is 8.22. The summed E-state index contributed by atoms with van der Waals surface area (Å²) in [6.45, 7) is 6.14. The lowest BCUT2D eigenvalue weighted by Crippen LogP contribution is -2.38. The number of thioether (sulfide) groups is 1. The first-order valence-electron chi connectivity index (χ1n) is 5.76. The van der Waals surface area contributed by atoms with Gasteiger partial charge in [-0.1, -0.05) is 6.92 Å². The van der Waals surface area contributed by atoms with Gasteiger partial charge in [0.25, 0.3) is 0 Å². The molecule has 2 rings (SSSR count). The molecule has 1 fully saturated rings. The highest BCUT2D eigenvalue weighted by atomic mass is 32.2. The van der Waals surface area contributed by atoms with Gasteiger partial charge in [-0.15, -0.1) is 0 Å². The number of anilines is 1. The van der Waals surface area contributed by atoms with Crippen molar-refractivity contribution >= 4 is 23.4 Å². The fraction of sp³-hybridized carbons (Fsp3) is 0.500. The molecule has 0 radical (unpaired) electrons. The summed E-state index contributed by atoms with van der Waals surface area (Å²) in [5.74, 6) is 2.07. The summed E-state index contributed by atoms with van der Waals surface area (Å²) < 4.78 is 0. The van der Waals surface area contributed by atoms with Crippen molar-refractivity contribution in [2.45, 2.75) is 19.1 Å². The number of nitrogens with zero attached hydrogens (tertiary/aromatic N) is 2. The zero-order valence-electron chi connectivity index (χ0n) is 10.2. The molecular weight excluding hydrogens is 232 g/mol. The Morgan fingerprint density at radius 1 is 1.59 bits per heavy atom. The number of hydrogen-bond acceptors (Lipinski definition) is 4. The van der Waals surface area contributed by atoms with Crippen LogP contribution in [0, 0.1) is 12.3 Å². The Morgan fingerprint density at radius 3 is 3.00 bits per heavy atom. The predicted octanol–water partition coefficient (Wildman–Crippen LogP) is 1.62. The van der Waals surface area contributed by atoms with E-state index < -0.39 is 0 Å². The van der Waals surface area contributed by atoms with Gasteiger partial charge in [-0.2, -0.15) is 11.8 Å². The van der Waals surface area contributed by atoms with Crippen molar-refractivity contribution in [3.8, 4) is 0 Å². The molecule has 0 bridgehead atoms. The summed E-state index contributed by atoms with van der Waals surface area (Å²) in [5.41, 5.74) is 7.33. The summed E-state index contributed by atoms with van der Waals surface area (Å²) in [7, 11) is 0. The zero-order valence-corrected chi connectivity index (χ0v) is 11.0. The Balaban J connectivity index is 2.35. The summed E-state index contributed by atoms with van der Waals surface area (Å²) in [4.78, 5) is 6.79. The normalized spacial score (nSPS) is 20.4. The molecule has 0 spiro atoms. The molecule has 1 aliphatic rings. The molecule has 1 aliphatic heterocycles. The lowest BCUT2D eigenvalue weighted by atomic mass is 10.2. The van der Waals surface area contributed by atoms with E-state index in [1.165, 1.54) is 0 Å². The molecule has 1 aromatic heterocycles. The number of pyridine rings is 1. The van der Waals surface area contributed by atoms with Gasteiger partial charge < -0.3 is 10.6 Å². The van der Waals surface area contributed by atoms with Crippen LogP contribution >= 0.6 is 11.8 Å². The van der Waals surface area contributed by atoms with Crippen LogP contribution < -0.4 is 10.6 Å². The molecule has 1 atom stereocenters. The van der Waals surface area contributed by atoms with Crippen LogP contribution in [-0.2, 0) is 0 Å². The Morgan fingerprint density at radius 2 is 2.35 bits per heavy atom. The van der Waals surface area contributed by atoms with E-state index in [2.05, 4.69) is 16.8 Å². The van der Waals surface area contributed by atoms with Crippen molar-refractivity contribution in [3.63, 3.8) is 0 Å². The molecule has 0 aromatic carbocycles. The first-order valence-corrected chi connectivity index (χ1v) is 6.81. The lowest BCUT2D eigenvalue weighted by molar-refractivity contribution is 0.767. The first kappa shape index (κ1) is 12.2. The molecule has 92 valence electrons. The Hall–Kier alpha value is -1.23. The molecule has 0 saturated carbocycles. The summed E-state index contributed by atoms with van der Waals surface area (Å²) in [6, 6.07) is 3.80. The molecule has 3 N–H and O–H groups in total. The van der Waals surface area contributed by atoms with Crippen molar-refractivity contribution in [1.29, 1.82) is 5.41 Å². The van der Waals surface area contributed by atoms with Gasteiger partial charge in [0.2, 0.25) is 0 Å². The van der Waals surface area contributed by atoms with E-state index in [0.717, 1.165) is 35.9 Å². The Bertz CT molecular complexity index is 433. The summed E-state index contributed by atoms with van der Waals surface area (Å²) >= 11 is 1.98. The fourth-order valence-corrected chi connectivity index (χ4v) is 3.02. The smallest absolute Gasteiger partial charge is 0.139 e. The second-order valence-electron chi connectivity index (χ2n) is 4.36. The maximum Gasteiger partial charge on any atom is 0.139 e. The number of aryl methyl sites for hydroxylation is 1. The molecule has 0 aliphatic carbocycles. The molecular formula is C12H18N4S. The second kappa shape index (κ2) is 4.96.